The maximum atomic E-state index is 12.5. The van der Waals surface area contributed by atoms with E-state index < -0.39 is 6.36 Å². The quantitative estimate of drug-likeness (QED) is 0.853. The Kier molecular flexibility index (Phi) is 5.71. The van der Waals surface area contributed by atoms with E-state index >= 15 is 0 Å². The first-order chi connectivity index (χ1) is 13.2. The third-order valence-electron chi connectivity index (χ3n) is 4.47. The van der Waals surface area contributed by atoms with Crippen LogP contribution < -0.4 is 15.0 Å². The predicted molar refractivity (Wildman–Crippen MR) is 98.2 cm³/mol. The Morgan fingerprint density at radius 3 is 2.21 bits per heavy atom. The molecule has 0 unspecified atom stereocenters. The van der Waals surface area contributed by atoms with E-state index in [1.165, 1.54) is 24.3 Å². The lowest BCUT2D eigenvalue weighted by Crippen LogP contribution is -2.39. The van der Waals surface area contributed by atoms with Crippen LogP contribution in [0, 0.1) is 19.8 Å². The van der Waals surface area contributed by atoms with Crippen molar-refractivity contribution in [3.8, 4) is 5.75 Å². The number of benzene rings is 1. The number of aromatic nitrogens is 2. The molecule has 1 aromatic carbocycles. The number of carbonyl (C=O) groups excluding carboxylic acids is 1. The van der Waals surface area contributed by atoms with E-state index in [0.29, 0.717) is 37.6 Å². The van der Waals surface area contributed by atoms with Crippen LogP contribution in [0.1, 0.15) is 24.2 Å². The first kappa shape index (κ1) is 19.9. The Hall–Kier alpha value is -2.84. The van der Waals surface area contributed by atoms with Crippen molar-refractivity contribution in [2.24, 2.45) is 5.92 Å². The maximum Gasteiger partial charge on any atom is 0.573 e. The molecule has 1 aromatic heterocycles. The molecule has 1 saturated heterocycles. The fourth-order valence-electron chi connectivity index (χ4n) is 3.17. The number of aryl methyl sites for hydroxylation is 2. The Morgan fingerprint density at radius 2 is 1.68 bits per heavy atom. The minimum Gasteiger partial charge on any atom is -0.406 e. The number of alkyl halides is 3. The number of nitrogens with zero attached hydrogens (tertiary/aromatic N) is 3. The highest BCUT2D eigenvalue weighted by molar-refractivity contribution is 5.92. The highest BCUT2D eigenvalue weighted by atomic mass is 19.4. The minimum absolute atomic E-state index is 0.148. The zero-order chi connectivity index (χ0) is 20.3. The summed E-state index contributed by atoms with van der Waals surface area (Å²) in [4.78, 5) is 23.4. The van der Waals surface area contributed by atoms with Gasteiger partial charge in [-0.3, -0.25) is 4.79 Å². The summed E-state index contributed by atoms with van der Waals surface area (Å²) < 4.78 is 40.4. The molecular formula is C19H21F3N4O2. The predicted octanol–water partition coefficient (Wildman–Crippen LogP) is 3.85. The summed E-state index contributed by atoms with van der Waals surface area (Å²) in [5, 5.41) is 2.75. The standard InChI is InChI=1S/C19H21F3N4O2/c1-12-11-13(2)24-18(23-12)26-9-7-14(8-10-26)17(27)25-15-3-5-16(6-4-15)28-19(20,21)22/h3-6,11,14H,7-10H2,1-2H3,(H,25,27). The molecule has 1 amide bonds. The number of anilines is 2. The topological polar surface area (TPSA) is 67.4 Å². The van der Waals surface area contributed by atoms with Crippen LogP contribution in [0.25, 0.3) is 0 Å². The highest BCUT2D eigenvalue weighted by Gasteiger charge is 2.31. The third-order valence-corrected chi connectivity index (χ3v) is 4.47. The zero-order valence-electron chi connectivity index (χ0n) is 15.6. The number of rotatable bonds is 4. The van der Waals surface area contributed by atoms with Gasteiger partial charge in [0, 0.05) is 36.1 Å². The average Bonchev–Trinajstić information content (AvgIpc) is 2.61. The molecule has 150 valence electrons. The molecule has 2 heterocycles. The Bertz CT molecular complexity index is 812. The normalized spacial score (nSPS) is 15.4. The lowest BCUT2D eigenvalue weighted by Gasteiger charge is -2.31. The summed E-state index contributed by atoms with van der Waals surface area (Å²) >= 11 is 0. The third kappa shape index (κ3) is 5.34. The second-order valence-corrected chi connectivity index (χ2v) is 6.77. The fourth-order valence-corrected chi connectivity index (χ4v) is 3.17. The molecule has 0 saturated carbocycles. The summed E-state index contributed by atoms with van der Waals surface area (Å²) in [7, 11) is 0. The number of amides is 1. The van der Waals surface area contributed by atoms with Gasteiger partial charge in [-0.15, -0.1) is 13.2 Å². The molecule has 1 aliphatic rings. The number of nitrogens with one attached hydrogen (secondary N) is 1. The molecule has 0 radical (unpaired) electrons. The van der Waals surface area contributed by atoms with Gasteiger partial charge in [-0.2, -0.15) is 0 Å². The van der Waals surface area contributed by atoms with Gasteiger partial charge < -0.3 is 15.0 Å². The molecule has 6 nitrogen and oxygen atoms in total. The fraction of sp³-hybridized carbons (Fsp3) is 0.421. The zero-order valence-corrected chi connectivity index (χ0v) is 15.6. The molecule has 1 N–H and O–H groups in total. The van der Waals surface area contributed by atoms with Crippen LogP contribution in [-0.2, 0) is 4.79 Å². The SMILES string of the molecule is Cc1cc(C)nc(N2CCC(C(=O)Nc3ccc(OC(F)(F)F)cc3)CC2)n1. The van der Waals surface area contributed by atoms with Crippen molar-refractivity contribution in [3.63, 3.8) is 0 Å². The monoisotopic (exact) mass is 394 g/mol. The van der Waals surface area contributed by atoms with E-state index in [-0.39, 0.29) is 17.6 Å². The van der Waals surface area contributed by atoms with Crippen molar-refractivity contribution in [3.05, 3.63) is 41.7 Å². The van der Waals surface area contributed by atoms with E-state index in [9.17, 15) is 18.0 Å². The van der Waals surface area contributed by atoms with Crippen LogP contribution in [0.4, 0.5) is 24.8 Å². The van der Waals surface area contributed by atoms with E-state index in [2.05, 4.69) is 24.9 Å². The number of ether oxygens (including phenoxy) is 1. The largest absolute Gasteiger partial charge is 0.573 e. The molecule has 0 atom stereocenters. The lowest BCUT2D eigenvalue weighted by atomic mass is 9.96. The van der Waals surface area contributed by atoms with Crippen LogP contribution in [0.3, 0.4) is 0 Å². The number of hydrogen-bond donors (Lipinski definition) is 1. The van der Waals surface area contributed by atoms with Crippen LogP contribution in [0.2, 0.25) is 0 Å². The molecule has 0 aliphatic carbocycles. The summed E-state index contributed by atoms with van der Waals surface area (Å²) in [6.45, 7) is 5.17. The number of carbonyl (C=O) groups is 1. The second-order valence-electron chi connectivity index (χ2n) is 6.77. The lowest BCUT2D eigenvalue weighted by molar-refractivity contribution is -0.274. The van der Waals surface area contributed by atoms with Gasteiger partial charge in [0.2, 0.25) is 11.9 Å². The Labute approximate surface area is 160 Å². The van der Waals surface area contributed by atoms with E-state index in [1.54, 1.807) is 0 Å². The maximum absolute atomic E-state index is 12.5. The van der Waals surface area contributed by atoms with E-state index in [0.717, 1.165) is 11.4 Å². The van der Waals surface area contributed by atoms with Gasteiger partial charge in [0.1, 0.15) is 5.75 Å². The summed E-state index contributed by atoms with van der Waals surface area (Å²) in [5.41, 5.74) is 2.24. The average molecular weight is 394 g/mol. The van der Waals surface area contributed by atoms with Gasteiger partial charge in [-0.05, 0) is 57.0 Å². The van der Waals surface area contributed by atoms with Crippen LogP contribution >= 0.6 is 0 Å². The number of piperidine rings is 1. The van der Waals surface area contributed by atoms with Crippen molar-refractivity contribution in [2.45, 2.75) is 33.1 Å². The van der Waals surface area contributed by atoms with Crippen molar-refractivity contribution in [2.75, 3.05) is 23.3 Å². The van der Waals surface area contributed by atoms with Crippen LogP contribution in [-0.4, -0.2) is 35.3 Å². The van der Waals surface area contributed by atoms with Gasteiger partial charge in [0.25, 0.3) is 0 Å². The molecule has 1 fully saturated rings. The number of halogens is 3. The molecule has 1 aliphatic heterocycles. The van der Waals surface area contributed by atoms with Crippen molar-refractivity contribution < 1.29 is 22.7 Å². The number of hydrogen-bond acceptors (Lipinski definition) is 5. The molecule has 28 heavy (non-hydrogen) atoms. The summed E-state index contributed by atoms with van der Waals surface area (Å²) in [6, 6.07) is 7.02. The smallest absolute Gasteiger partial charge is 0.406 e. The van der Waals surface area contributed by atoms with Gasteiger partial charge in [-0.1, -0.05) is 0 Å². The van der Waals surface area contributed by atoms with Crippen LogP contribution in [0.5, 0.6) is 5.75 Å². The molecule has 3 rings (SSSR count). The first-order valence-electron chi connectivity index (χ1n) is 8.93. The van der Waals surface area contributed by atoms with Crippen molar-refractivity contribution in [1.29, 1.82) is 0 Å². The van der Waals surface area contributed by atoms with Gasteiger partial charge in [0.15, 0.2) is 0 Å². The van der Waals surface area contributed by atoms with E-state index in [4.69, 9.17) is 0 Å². The molecule has 2 aromatic rings. The van der Waals surface area contributed by atoms with Gasteiger partial charge >= 0.3 is 6.36 Å². The van der Waals surface area contributed by atoms with Gasteiger partial charge in [-0.25, -0.2) is 9.97 Å². The summed E-state index contributed by atoms with van der Waals surface area (Å²) in [6.07, 6.45) is -3.44. The second kappa shape index (κ2) is 8.04. The van der Waals surface area contributed by atoms with Gasteiger partial charge in [0.05, 0.1) is 0 Å². The molecule has 0 bridgehead atoms. The van der Waals surface area contributed by atoms with Crippen molar-refractivity contribution >= 4 is 17.5 Å². The molecule has 9 heteroatoms. The summed E-state index contributed by atoms with van der Waals surface area (Å²) in [5.74, 6) is 0.0302. The van der Waals surface area contributed by atoms with Crippen molar-refractivity contribution in [1.82, 2.24) is 9.97 Å². The van der Waals surface area contributed by atoms with Crippen LogP contribution in [0.15, 0.2) is 30.3 Å². The molecule has 0 spiro atoms. The van der Waals surface area contributed by atoms with E-state index in [1.807, 2.05) is 19.9 Å². The first-order valence-corrected chi connectivity index (χ1v) is 8.93. The Morgan fingerprint density at radius 1 is 1.11 bits per heavy atom. The minimum atomic E-state index is -4.74. The highest BCUT2D eigenvalue weighted by Crippen LogP contribution is 2.26. The molecular weight excluding hydrogens is 373 g/mol. The Balaban J connectivity index is 1.54.